The van der Waals surface area contributed by atoms with Crippen molar-refractivity contribution < 1.29 is 4.79 Å². The van der Waals surface area contributed by atoms with Crippen molar-refractivity contribution >= 4 is 17.5 Å². The molecule has 0 radical (unpaired) electrons. The third-order valence-corrected chi connectivity index (χ3v) is 4.45. The quantitative estimate of drug-likeness (QED) is 0.728. The standard InChI is InChI=1S/C17H24ClNO/c1-14-6-2-3-7-15(14)10-11-17(20)19(13-12-18)16-8-4-5-9-16/h2-3,6-7,16H,4-5,8-13H2,1H3. The summed E-state index contributed by atoms with van der Waals surface area (Å²) < 4.78 is 0. The largest absolute Gasteiger partial charge is 0.339 e. The highest BCUT2D eigenvalue weighted by molar-refractivity contribution is 6.18. The van der Waals surface area contributed by atoms with Gasteiger partial charge in [-0.3, -0.25) is 4.79 Å². The van der Waals surface area contributed by atoms with E-state index in [2.05, 4.69) is 19.1 Å². The lowest BCUT2D eigenvalue weighted by atomic mass is 10.0. The molecule has 1 saturated carbocycles. The second kappa shape index (κ2) is 7.68. The molecule has 1 aliphatic rings. The third-order valence-electron chi connectivity index (χ3n) is 4.28. The molecule has 1 fully saturated rings. The minimum Gasteiger partial charge on any atom is -0.339 e. The Morgan fingerprint density at radius 2 is 2.00 bits per heavy atom. The lowest BCUT2D eigenvalue weighted by molar-refractivity contribution is -0.133. The summed E-state index contributed by atoms with van der Waals surface area (Å²) in [6.45, 7) is 2.80. The van der Waals surface area contributed by atoms with Gasteiger partial charge in [0.2, 0.25) is 5.91 Å². The molecule has 0 bridgehead atoms. The van der Waals surface area contributed by atoms with Gasteiger partial charge >= 0.3 is 0 Å². The second-order valence-corrected chi connectivity index (χ2v) is 6.02. The van der Waals surface area contributed by atoms with Crippen LogP contribution in [-0.4, -0.2) is 29.3 Å². The molecule has 0 saturated heterocycles. The summed E-state index contributed by atoms with van der Waals surface area (Å²) in [4.78, 5) is 14.5. The van der Waals surface area contributed by atoms with Crippen molar-refractivity contribution in [2.75, 3.05) is 12.4 Å². The smallest absolute Gasteiger partial charge is 0.223 e. The summed E-state index contributed by atoms with van der Waals surface area (Å²) in [7, 11) is 0. The number of benzene rings is 1. The van der Waals surface area contributed by atoms with E-state index in [9.17, 15) is 4.79 Å². The number of halogens is 1. The minimum absolute atomic E-state index is 0.265. The van der Waals surface area contributed by atoms with Crippen LogP contribution in [0.1, 0.15) is 43.2 Å². The zero-order valence-electron chi connectivity index (χ0n) is 12.3. The van der Waals surface area contributed by atoms with Gasteiger partial charge in [-0.25, -0.2) is 0 Å². The van der Waals surface area contributed by atoms with Crippen molar-refractivity contribution in [1.29, 1.82) is 0 Å². The highest BCUT2D eigenvalue weighted by atomic mass is 35.5. The molecule has 2 rings (SSSR count). The molecule has 0 heterocycles. The molecule has 20 heavy (non-hydrogen) atoms. The molecule has 0 aliphatic heterocycles. The summed E-state index contributed by atoms with van der Waals surface area (Å²) >= 11 is 5.87. The van der Waals surface area contributed by atoms with E-state index < -0.39 is 0 Å². The van der Waals surface area contributed by atoms with E-state index in [1.54, 1.807) is 0 Å². The van der Waals surface area contributed by atoms with Crippen LogP contribution in [0.2, 0.25) is 0 Å². The fourth-order valence-electron chi connectivity index (χ4n) is 3.09. The van der Waals surface area contributed by atoms with E-state index in [-0.39, 0.29) is 5.91 Å². The van der Waals surface area contributed by atoms with Crippen LogP contribution < -0.4 is 0 Å². The Morgan fingerprint density at radius 3 is 2.65 bits per heavy atom. The van der Waals surface area contributed by atoms with Gasteiger partial charge < -0.3 is 4.90 Å². The predicted octanol–water partition coefficient (Wildman–Crippen LogP) is 3.94. The Balaban J connectivity index is 1.93. The molecule has 2 nitrogen and oxygen atoms in total. The van der Waals surface area contributed by atoms with Crippen LogP contribution in [0.15, 0.2) is 24.3 Å². The molecule has 0 unspecified atom stereocenters. The maximum atomic E-state index is 12.5. The van der Waals surface area contributed by atoms with Crippen molar-refractivity contribution in [2.45, 2.75) is 51.5 Å². The van der Waals surface area contributed by atoms with Crippen LogP contribution >= 0.6 is 11.6 Å². The molecule has 0 aromatic heterocycles. The molecule has 0 atom stereocenters. The zero-order valence-corrected chi connectivity index (χ0v) is 13.0. The van der Waals surface area contributed by atoms with Gasteiger partial charge in [-0.15, -0.1) is 11.6 Å². The van der Waals surface area contributed by atoms with Gasteiger partial charge in [0.05, 0.1) is 0 Å². The molecule has 3 heteroatoms. The van der Waals surface area contributed by atoms with Crippen LogP contribution in [0.5, 0.6) is 0 Å². The Kier molecular flexibility index (Phi) is 5.90. The van der Waals surface area contributed by atoms with Crippen molar-refractivity contribution in [3.05, 3.63) is 35.4 Å². The molecule has 110 valence electrons. The van der Waals surface area contributed by atoms with E-state index >= 15 is 0 Å². The zero-order chi connectivity index (χ0) is 14.4. The second-order valence-electron chi connectivity index (χ2n) is 5.64. The predicted molar refractivity (Wildman–Crippen MR) is 84.2 cm³/mol. The average molecular weight is 294 g/mol. The van der Waals surface area contributed by atoms with Gasteiger partial charge in [0.1, 0.15) is 0 Å². The van der Waals surface area contributed by atoms with Gasteiger partial charge in [-0.05, 0) is 37.3 Å². The normalized spacial score (nSPS) is 15.5. The maximum absolute atomic E-state index is 12.5. The fourth-order valence-corrected chi connectivity index (χ4v) is 3.28. The Labute approximate surface area is 127 Å². The van der Waals surface area contributed by atoms with Crippen molar-refractivity contribution in [1.82, 2.24) is 4.90 Å². The Bertz CT molecular complexity index is 440. The molecule has 1 amide bonds. The monoisotopic (exact) mass is 293 g/mol. The van der Waals surface area contributed by atoms with E-state index in [0.717, 1.165) is 19.3 Å². The number of alkyl halides is 1. The number of carbonyl (C=O) groups is 1. The summed E-state index contributed by atoms with van der Waals surface area (Å²) in [5, 5.41) is 0. The maximum Gasteiger partial charge on any atom is 0.223 e. The van der Waals surface area contributed by atoms with Crippen molar-refractivity contribution in [2.24, 2.45) is 0 Å². The number of rotatable bonds is 6. The van der Waals surface area contributed by atoms with Crippen LogP contribution in [0, 0.1) is 6.92 Å². The minimum atomic E-state index is 0.265. The molecule has 0 N–H and O–H groups in total. The summed E-state index contributed by atoms with van der Waals surface area (Å²) in [6, 6.07) is 8.73. The third kappa shape index (κ3) is 3.99. The molecule has 1 aliphatic carbocycles. The van der Waals surface area contributed by atoms with Crippen LogP contribution in [0.25, 0.3) is 0 Å². The lowest BCUT2D eigenvalue weighted by Gasteiger charge is -2.28. The Morgan fingerprint density at radius 1 is 1.30 bits per heavy atom. The number of hydrogen-bond acceptors (Lipinski definition) is 1. The van der Waals surface area contributed by atoms with Gasteiger partial charge in [-0.1, -0.05) is 37.1 Å². The first-order valence-electron chi connectivity index (χ1n) is 7.62. The molecular formula is C17H24ClNO. The average Bonchev–Trinajstić information content (AvgIpc) is 2.97. The van der Waals surface area contributed by atoms with Crippen LogP contribution in [-0.2, 0) is 11.2 Å². The van der Waals surface area contributed by atoms with E-state index in [1.165, 1.54) is 24.0 Å². The molecule has 0 spiro atoms. The number of hydrogen-bond donors (Lipinski definition) is 0. The first kappa shape index (κ1) is 15.4. The van der Waals surface area contributed by atoms with Crippen molar-refractivity contribution in [3.8, 4) is 0 Å². The SMILES string of the molecule is Cc1ccccc1CCC(=O)N(CCCl)C1CCCC1. The number of carbonyl (C=O) groups excluding carboxylic acids is 1. The number of amides is 1. The summed E-state index contributed by atoms with van der Waals surface area (Å²) in [6.07, 6.45) is 6.21. The van der Waals surface area contributed by atoms with Crippen molar-refractivity contribution in [3.63, 3.8) is 0 Å². The van der Waals surface area contributed by atoms with Gasteiger partial charge in [0.25, 0.3) is 0 Å². The van der Waals surface area contributed by atoms with Gasteiger partial charge in [-0.2, -0.15) is 0 Å². The van der Waals surface area contributed by atoms with E-state index in [4.69, 9.17) is 11.6 Å². The van der Waals surface area contributed by atoms with E-state index in [0.29, 0.717) is 24.9 Å². The van der Waals surface area contributed by atoms with Crippen LogP contribution in [0.3, 0.4) is 0 Å². The first-order valence-corrected chi connectivity index (χ1v) is 8.15. The molecule has 1 aromatic carbocycles. The summed E-state index contributed by atoms with van der Waals surface area (Å²) in [5.41, 5.74) is 2.54. The number of aryl methyl sites for hydroxylation is 2. The highest BCUT2D eigenvalue weighted by Gasteiger charge is 2.25. The van der Waals surface area contributed by atoms with Gasteiger partial charge in [0, 0.05) is 24.9 Å². The molecule has 1 aromatic rings. The molecular weight excluding hydrogens is 270 g/mol. The van der Waals surface area contributed by atoms with Crippen LogP contribution in [0.4, 0.5) is 0 Å². The summed E-state index contributed by atoms with van der Waals surface area (Å²) in [5.74, 6) is 0.799. The van der Waals surface area contributed by atoms with Gasteiger partial charge in [0.15, 0.2) is 0 Å². The lowest BCUT2D eigenvalue weighted by Crippen LogP contribution is -2.40. The highest BCUT2D eigenvalue weighted by Crippen LogP contribution is 2.24. The Hall–Kier alpha value is -1.02. The first-order chi connectivity index (χ1) is 9.72. The van der Waals surface area contributed by atoms with E-state index in [1.807, 2.05) is 17.0 Å². The number of nitrogens with zero attached hydrogens (tertiary/aromatic N) is 1. The topological polar surface area (TPSA) is 20.3 Å². The fraction of sp³-hybridized carbons (Fsp3) is 0.588.